The molecule has 3 nitrogen and oxygen atoms in total. The van der Waals surface area contributed by atoms with Crippen molar-refractivity contribution in [1.82, 2.24) is 0 Å². The van der Waals surface area contributed by atoms with E-state index >= 15 is 0 Å². The summed E-state index contributed by atoms with van der Waals surface area (Å²) in [7, 11) is 0. The number of thioether (sulfide) groups is 1. The van der Waals surface area contributed by atoms with Crippen molar-refractivity contribution in [2.75, 3.05) is 12.4 Å². The number of nitrogens with two attached hydrogens (primary N) is 1. The zero-order valence-corrected chi connectivity index (χ0v) is 10.3. The highest BCUT2D eigenvalue weighted by Crippen LogP contribution is 2.23. The molecule has 0 bridgehead atoms. The summed E-state index contributed by atoms with van der Waals surface area (Å²) in [6, 6.07) is 7.29. The molecule has 0 spiro atoms. The largest absolute Gasteiger partial charge is 0.491 e. The van der Waals surface area contributed by atoms with Gasteiger partial charge in [0.15, 0.2) is 5.17 Å². The third kappa shape index (κ3) is 5.77. The number of amidine groups is 1. The van der Waals surface area contributed by atoms with Gasteiger partial charge in [0, 0.05) is 5.75 Å². The lowest BCUT2D eigenvalue weighted by atomic mass is 10.3. The van der Waals surface area contributed by atoms with E-state index in [2.05, 4.69) is 0 Å². The van der Waals surface area contributed by atoms with Crippen molar-refractivity contribution in [2.24, 2.45) is 5.73 Å². The summed E-state index contributed by atoms with van der Waals surface area (Å²) < 4.78 is 5.38. The summed E-state index contributed by atoms with van der Waals surface area (Å²) in [6.07, 6.45) is 0. The molecule has 0 aromatic heterocycles. The van der Waals surface area contributed by atoms with Gasteiger partial charge >= 0.3 is 0 Å². The minimum atomic E-state index is 0. The Morgan fingerprint density at radius 2 is 2.13 bits per heavy atom. The summed E-state index contributed by atoms with van der Waals surface area (Å²) in [5.41, 5.74) is 5.17. The predicted molar refractivity (Wildman–Crippen MR) is 68.6 cm³/mol. The van der Waals surface area contributed by atoms with Gasteiger partial charge in [0.25, 0.3) is 0 Å². The molecule has 0 aliphatic heterocycles. The molecule has 0 saturated carbocycles. The molecule has 0 heterocycles. The molecule has 0 unspecified atom stereocenters. The minimum absolute atomic E-state index is 0. The third-order valence-corrected chi connectivity index (χ3v) is 2.43. The van der Waals surface area contributed by atoms with Crippen LogP contribution >= 0.6 is 35.8 Å². The van der Waals surface area contributed by atoms with E-state index in [1.54, 1.807) is 12.1 Å². The molecule has 1 rings (SSSR count). The van der Waals surface area contributed by atoms with Crippen LogP contribution in [0, 0.1) is 5.41 Å². The number of halogens is 2. The van der Waals surface area contributed by atoms with Gasteiger partial charge in [-0.3, -0.25) is 5.41 Å². The van der Waals surface area contributed by atoms with Crippen LogP contribution in [-0.2, 0) is 0 Å². The topological polar surface area (TPSA) is 59.1 Å². The summed E-state index contributed by atoms with van der Waals surface area (Å²) in [5.74, 6) is 1.32. The number of para-hydroxylation sites is 1. The van der Waals surface area contributed by atoms with Gasteiger partial charge in [0.05, 0.1) is 11.6 Å². The molecule has 0 atom stereocenters. The Hall–Kier alpha value is -0.580. The smallest absolute Gasteiger partial charge is 0.151 e. The lowest BCUT2D eigenvalue weighted by Gasteiger charge is -2.06. The zero-order chi connectivity index (χ0) is 10.4. The second-order valence-corrected chi connectivity index (χ2v) is 4.04. The van der Waals surface area contributed by atoms with E-state index in [0.29, 0.717) is 23.1 Å². The SMILES string of the molecule is Cl.N=C(N)SCCOc1ccccc1Cl. The Morgan fingerprint density at radius 1 is 1.47 bits per heavy atom. The van der Waals surface area contributed by atoms with E-state index in [0.717, 1.165) is 0 Å². The molecular formula is C9H12Cl2N2OS. The molecule has 0 aliphatic carbocycles. The number of rotatable bonds is 4. The number of benzene rings is 1. The van der Waals surface area contributed by atoms with Crippen molar-refractivity contribution < 1.29 is 4.74 Å². The first-order valence-corrected chi connectivity index (χ1v) is 5.40. The van der Waals surface area contributed by atoms with E-state index in [1.165, 1.54) is 11.8 Å². The Morgan fingerprint density at radius 3 is 2.73 bits per heavy atom. The lowest BCUT2D eigenvalue weighted by molar-refractivity contribution is 0.344. The fraction of sp³-hybridized carbons (Fsp3) is 0.222. The Balaban J connectivity index is 0.00000196. The van der Waals surface area contributed by atoms with Gasteiger partial charge in [-0.05, 0) is 12.1 Å². The van der Waals surface area contributed by atoms with E-state index in [1.807, 2.05) is 12.1 Å². The minimum Gasteiger partial charge on any atom is -0.491 e. The van der Waals surface area contributed by atoms with Crippen LogP contribution in [0.4, 0.5) is 0 Å². The van der Waals surface area contributed by atoms with Gasteiger partial charge in [-0.2, -0.15) is 0 Å². The first-order chi connectivity index (χ1) is 6.70. The van der Waals surface area contributed by atoms with Crippen LogP contribution in [0.2, 0.25) is 5.02 Å². The predicted octanol–water partition coefficient (Wildman–Crippen LogP) is 2.77. The van der Waals surface area contributed by atoms with Crippen LogP contribution in [0.1, 0.15) is 0 Å². The maximum absolute atomic E-state index is 6.98. The van der Waals surface area contributed by atoms with Crippen molar-refractivity contribution in [3.8, 4) is 5.75 Å². The third-order valence-electron chi connectivity index (χ3n) is 1.44. The number of ether oxygens (including phenoxy) is 1. The molecular weight excluding hydrogens is 255 g/mol. The van der Waals surface area contributed by atoms with Crippen LogP contribution < -0.4 is 10.5 Å². The Labute approximate surface area is 104 Å². The highest BCUT2D eigenvalue weighted by molar-refractivity contribution is 8.13. The van der Waals surface area contributed by atoms with Crippen molar-refractivity contribution >= 4 is 40.9 Å². The molecule has 3 N–H and O–H groups in total. The summed E-state index contributed by atoms with van der Waals surface area (Å²) in [6.45, 7) is 0.494. The van der Waals surface area contributed by atoms with E-state index in [-0.39, 0.29) is 17.6 Å². The van der Waals surface area contributed by atoms with E-state index in [9.17, 15) is 0 Å². The molecule has 0 fully saturated rings. The van der Waals surface area contributed by atoms with Crippen molar-refractivity contribution in [2.45, 2.75) is 0 Å². The van der Waals surface area contributed by atoms with Gasteiger partial charge in [-0.25, -0.2) is 0 Å². The summed E-state index contributed by atoms with van der Waals surface area (Å²) >= 11 is 7.12. The number of nitrogens with one attached hydrogen (secondary N) is 1. The van der Waals surface area contributed by atoms with E-state index in [4.69, 9.17) is 27.5 Å². The van der Waals surface area contributed by atoms with Gasteiger partial charge in [0.1, 0.15) is 5.75 Å². The quantitative estimate of drug-likeness (QED) is 0.501. The van der Waals surface area contributed by atoms with Gasteiger partial charge in [0.2, 0.25) is 0 Å². The Kier molecular flexibility index (Phi) is 7.38. The molecule has 0 amide bonds. The van der Waals surface area contributed by atoms with Crippen molar-refractivity contribution in [3.05, 3.63) is 29.3 Å². The highest BCUT2D eigenvalue weighted by atomic mass is 35.5. The molecule has 6 heteroatoms. The Bertz CT molecular complexity index is 323. The fourth-order valence-corrected chi connectivity index (χ4v) is 1.44. The monoisotopic (exact) mass is 266 g/mol. The zero-order valence-electron chi connectivity index (χ0n) is 7.90. The lowest BCUT2D eigenvalue weighted by Crippen LogP contribution is -2.08. The molecule has 84 valence electrons. The van der Waals surface area contributed by atoms with Crippen LogP contribution in [0.15, 0.2) is 24.3 Å². The number of hydrogen-bond acceptors (Lipinski definition) is 3. The maximum Gasteiger partial charge on any atom is 0.151 e. The molecule has 1 aromatic carbocycles. The fourth-order valence-electron chi connectivity index (χ4n) is 0.865. The van der Waals surface area contributed by atoms with Crippen molar-refractivity contribution in [3.63, 3.8) is 0 Å². The first kappa shape index (κ1) is 14.4. The first-order valence-electron chi connectivity index (χ1n) is 4.04. The second-order valence-electron chi connectivity index (χ2n) is 2.49. The van der Waals surface area contributed by atoms with Crippen LogP contribution in [0.25, 0.3) is 0 Å². The molecule has 0 aliphatic rings. The van der Waals surface area contributed by atoms with Crippen molar-refractivity contribution in [1.29, 1.82) is 5.41 Å². The summed E-state index contributed by atoms with van der Waals surface area (Å²) in [5, 5.41) is 7.68. The average molecular weight is 267 g/mol. The molecule has 15 heavy (non-hydrogen) atoms. The number of hydrogen-bond donors (Lipinski definition) is 2. The van der Waals surface area contributed by atoms with Gasteiger partial charge < -0.3 is 10.5 Å². The molecule has 0 radical (unpaired) electrons. The van der Waals surface area contributed by atoms with E-state index < -0.39 is 0 Å². The normalized spacial score (nSPS) is 9.13. The van der Waals surface area contributed by atoms with Gasteiger partial charge in [-0.15, -0.1) is 12.4 Å². The van der Waals surface area contributed by atoms with Crippen LogP contribution in [0.5, 0.6) is 5.75 Å². The summed E-state index contributed by atoms with van der Waals surface area (Å²) in [4.78, 5) is 0. The van der Waals surface area contributed by atoms with Crippen LogP contribution in [0.3, 0.4) is 0 Å². The molecule has 1 aromatic rings. The second kappa shape index (κ2) is 7.68. The average Bonchev–Trinajstić information content (AvgIpc) is 2.15. The molecule has 0 saturated heterocycles. The van der Waals surface area contributed by atoms with Gasteiger partial charge in [-0.1, -0.05) is 35.5 Å². The highest BCUT2D eigenvalue weighted by Gasteiger charge is 1.99. The maximum atomic E-state index is 6.98. The van der Waals surface area contributed by atoms with Crippen LogP contribution in [-0.4, -0.2) is 17.5 Å². The standard InChI is InChI=1S/C9H11ClN2OS.ClH/c10-7-3-1-2-4-8(7)13-5-6-14-9(11)12;/h1-4H,5-6H2,(H3,11,12);1H.